The van der Waals surface area contributed by atoms with Crippen molar-refractivity contribution in [1.29, 1.82) is 0 Å². The van der Waals surface area contributed by atoms with E-state index in [0.717, 1.165) is 56.3 Å². The van der Waals surface area contributed by atoms with Crippen LogP contribution in [0.15, 0.2) is 48.8 Å². The zero-order chi connectivity index (χ0) is 23.5. The average Bonchev–Trinajstić information content (AvgIpc) is 2.84. The topological polar surface area (TPSA) is 53.5 Å². The lowest BCUT2D eigenvalue weighted by Gasteiger charge is -2.45. The number of piperidine rings is 2. The van der Waals surface area contributed by atoms with Gasteiger partial charge in [0.2, 0.25) is 11.8 Å². The summed E-state index contributed by atoms with van der Waals surface area (Å²) in [6.07, 6.45) is 9.24. The first kappa shape index (κ1) is 23.5. The molecule has 2 aliphatic rings. The van der Waals surface area contributed by atoms with E-state index in [1.54, 1.807) is 6.20 Å². The maximum Gasteiger partial charge on any atom is 0.229 e. The molecule has 176 valence electrons. The molecule has 3 heterocycles. The first-order valence-corrected chi connectivity index (χ1v) is 12.4. The van der Waals surface area contributed by atoms with E-state index in [4.69, 9.17) is 0 Å². The third kappa shape index (κ3) is 5.29. The van der Waals surface area contributed by atoms with E-state index in [-0.39, 0.29) is 11.3 Å². The fraction of sp³-hybridized carbons (Fsp3) is 0.536. The molecule has 5 heteroatoms. The van der Waals surface area contributed by atoms with Crippen LogP contribution in [-0.2, 0) is 16.0 Å². The van der Waals surface area contributed by atoms with E-state index in [2.05, 4.69) is 40.2 Å². The summed E-state index contributed by atoms with van der Waals surface area (Å²) in [5.74, 6) is 0.476. The Hall–Kier alpha value is -2.69. The van der Waals surface area contributed by atoms with Crippen LogP contribution in [0.5, 0.6) is 0 Å². The Balaban J connectivity index is 1.55. The maximum atomic E-state index is 13.9. The Bertz CT molecular complexity index is 949. The van der Waals surface area contributed by atoms with E-state index in [9.17, 15) is 9.59 Å². The van der Waals surface area contributed by atoms with Gasteiger partial charge in [-0.2, -0.15) is 0 Å². The quantitative estimate of drug-likeness (QED) is 0.666. The zero-order valence-corrected chi connectivity index (χ0v) is 20.3. The summed E-state index contributed by atoms with van der Waals surface area (Å²) in [6, 6.07) is 12.6. The highest BCUT2D eigenvalue weighted by atomic mass is 16.2. The molecule has 0 atom stereocenters. The molecular weight excluding hydrogens is 410 g/mol. The molecule has 0 spiro atoms. The highest BCUT2D eigenvalue weighted by Crippen LogP contribution is 2.39. The second kappa shape index (κ2) is 9.66. The molecule has 2 saturated heterocycles. The van der Waals surface area contributed by atoms with E-state index in [1.807, 2.05) is 37.9 Å². The molecule has 0 aliphatic carbocycles. The lowest BCUT2D eigenvalue weighted by molar-refractivity contribution is -0.151. The molecule has 2 amide bonds. The van der Waals surface area contributed by atoms with Gasteiger partial charge in [-0.25, -0.2) is 0 Å². The maximum absolute atomic E-state index is 13.9. The van der Waals surface area contributed by atoms with Crippen LogP contribution >= 0.6 is 0 Å². The lowest BCUT2D eigenvalue weighted by atomic mass is 9.72. The van der Waals surface area contributed by atoms with E-state index in [1.165, 1.54) is 12.0 Å². The molecule has 33 heavy (non-hydrogen) atoms. The lowest BCUT2D eigenvalue weighted by Crippen LogP contribution is -2.54. The minimum atomic E-state index is -0.429. The SMILES string of the molecule is CC(C)(C)C(=O)N1CCC(Cc2ccc(-c3cccnc3)cc2)(C(=O)N2CCCCC2)CC1. The number of nitrogens with zero attached hydrogens (tertiary/aromatic N) is 3. The number of carbonyl (C=O) groups is 2. The molecule has 0 radical (unpaired) electrons. The molecule has 2 aliphatic heterocycles. The minimum absolute atomic E-state index is 0.183. The van der Waals surface area contributed by atoms with Crippen LogP contribution in [0.2, 0.25) is 0 Å². The summed E-state index contributed by atoms with van der Waals surface area (Å²) in [7, 11) is 0. The first-order chi connectivity index (χ1) is 15.8. The molecule has 5 nitrogen and oxygen atoms in total. The van der Waals surface area contributed by atoms with Gasteiger partial charge in [0.25, 0.3) is 0 Å². The third-order valence-corrected chi connectivity index (χ3v) is 7.24. The van der Waals surface area contributed by atoms with Gasteiger partial charge in [-0.3, -0.25) is 14.6 Å². The largest absolute Gasteiger partial charge is 0.342 e. The van der Waals surface area contributed by atoms with Crippen molar-refractivity contribution in [1.82, 2.24) is 14.8 Å². The van der Waals surface area contributed by atoms with Crippen molar-refractivity contribution in [3.05, 3.63) is 54.4 Å². The van der Waals surface area contributed by atoms with Crippen LogP contribution in [0, 0.1) is 10.8 Å². The highest BCUT2D eigenvalue weighted by Gasteiger charge is 2.45. The van der Waals surface area contributed by atoms with Crippen LogP contribution < -0.4 is 0 Å². The zero-order valence-electron chi connectivity index (χ0n) is 20.3. The minimum Gasteiger partial charge on any atom is -0.342 e. The summed E-state index contributed by atoms with van der Waals surface area (Å²) < 4.78 is 0. The van der Waals surface area contributed by atoms with Crippen molar-refractivity contribution in [2.24, 2.45) is 10.8 Å². The normalized spacial score (nSPS) is 18.8. The smallest absolute Gasteiger partial charge is 0.229 e. The Morgan fingerprint density at radius 1 is 0.879 bits per heavy atom. The van der Waals surface area contributed by atoms with Gasteiger partial charge < -0.3 is 9.80 Å². The Kier molecular flexibility index (Phi) is 6.87. The standard InChI is InChI=1S/C28H37N3O2/c1-27(2,3)25(32)31-18-13-28(14-19-31,26(33)30-16-5-4-6-17-30)20-22-9-11-23(12-10-22)24-8-7-15-29-21-24/h7-12,15,21H,4-6,13-14,16-20H2,1-3H3. The number of pyridine rings is 1. The highest BCUT2D eigenvalue weighted by molar-refractivity contribution is 5.85. The molecule has 4 rings (SSSR count). The van der Waals surface area contributed by atoms with Crippen molar-refractivity contribution < 1.29 is 9.59 Å². The third-order valence-electron chi connectivity index (χ3n) is 7.24. The van der Waals surface area contributed by atoms with Crippen LogP contribution in [0.3, 0.4) is 0 Å². The first-order valence-electron chi connectivity index (χ1n) is 12.4. The van der Waals surface area contributed by atoms with Gasteiger partial charge in [0.05, 0.1) is 5.41 Å². The number of amides is 2. The fourth-order valence-electron chi connectivity index (χ4n) is 5.25. The Morgan fingerprint density at radius 3 is 2.12 bits per heavy atom. The van der Waals surface area contributed by atoms with Gasteiger partial charge in [-0.1, -0.05) is 51.1 Å². The molecule has 0 bridgehead atoms. The summed E-state index contributed by atoms with van der Waals surface area (Å²) in [6.45, 7) is 8.96. The van der Waals surface area contributed by atoms with Crippen molar-refractivity contribution in [2.45, 2.75) is 59.3 Å². The molecule has 2 fully saturated rings. The van der Waals surface area contributed by atoms with Crippen molar-refractivity contribution >= 4 is 11.8 Å². The monoisotopic (exact) mass is 447 g/mol. The van der Waals surface area contributed by atoms with Gasteiger partial charge >= 0.3 is 0 Å². The number of hydrogen-bond donors (Lipinski definition) is 0. The number of carbonyl (C=O) groups excluding carboxylic acids is 2. The van der Waals surface area contributed by atoms with Crippen molar-refractivity contribution in [3.63, 3.8) is 0 Å². The van der Waals surface area contributed by atoms with Gasteiger partial charge in [-0.05, 0) is 61.3 Å². The fourth-order valence-corrected chi connectivity index (χ4v) is 5.25. The van der Waals surface area contributed by atoms with E-state index >= 15 is 0 Å². The van der Waals surface area contributed by atoms with Crippen LogP contribution in [0.25, 0.3) is 11.1 Å². The van der Waals surface area contributed by atoms with Crippen molar-refractivity contribution in [3.8, 4) is 11.1 Å². The average molecular weight is 448 g/mol. The molecule has 0 N–H and O–H groups in total. The summed E-state index contributed by atoms with van der Waals surface area (Å²) in [5, 5.41) is 0. The molecule has 1 aromatic heterocycles. The molecular formula is C28H37N3O2. The second-order valence-corrected chi connectivity index (χ2v) is 10.8. The van der Waals surface area contributed by atoms with Crippen LogP contribution in [0.1, 0.15) is 58.4 Å². The summed E-state index contributed by atoms with van der Waals surface area (Å²) in [5.41, 5.74) is 2.59. The number of aromatic nitrogens is 1. The molecule has 2 aromatic rings. The predicted octanol–water partition coefficient (Wildman–Crippen LogP) is 4.96. The Morgan fingerprint density at radius 2 is 1.55 bits per heavy atom. The molecule has 1 aromatic carbocycles. The van der Waals surface area contributed by atoms with Gasteiger partial charge in [0.1, 0.15) is 0 Å². The summed E-state index contributed by atoms with van der Waals surface area (Å²) >= 11 is 0. The van der Waals surface area contributed by atoms with E-state index < -0.39 is 5.41 Å². The van der Waals surface area contributed by atoms with E-state index in [0.29, 0.717) is 19.0 Å². The molecule has 0 saturated carbocycles. The second-order valence-electron chi connectivity index (χ2n) is 10.8. The van der Waals surface area contributed by atoms with Crippen LogP contribution in [-0.4, -0.2) is 52.8 Å². The Labute approximate surface area is 198 Å². The predicted molar refractivity (Wildman–Crippen MR) is 132 cm³/mol. The number of benzene rings is 1. The van der Waals surface area contributed by atoms with Gasteiger partial charge in [0, 0.05) is 44.0 Å². The van der Waals surface area contributed by atoms with Crippen molar-refractivity contribution in [2.75, 3.05) is 26.2 Å². The van der Waals surface area contributed by atoms with Gasteiger partial charge in [-0.15, -0.1) is 0 Å². The molecule has 0 unspecified atom stereocenters. The number of likely N-dealkylation sites (tertiary alicyclic amines) is 2. The number of hydrogen-bond acceptors (Lipinski definition) is 3. The van der Waals surface area contributed by atoms with Crippen LogP contribution in [0.4, 0.5) is 0 Å². The summed E-state index contributed by atoms with van der Waals surface area (Å²) in [4.78, 5) is 35.0. The van der Waals surface area contributed by atoms with Gasteiger partial charge in [0.15, 0.2) is 0 Å². The number of rotatable bonds is 4.